The molecule has 0 saturated heterocycles. The van der Waals surface area contributed by atoms with Crippen molar-refractivity contribution in [2.45, 2.75) is 19.9 Å². The van der Waals surface area contributed by atoms with E-state index < -0.39 is 0 Å². The monoisotopic (exact) mass is 250 g/mol. The molecule has 0 unspecified atom stereocenters. The lowest BCUT2D eigenvalue weighted by Crippen LogP contribution is -2.38. The fourth-order valence-electron chi connectivity index (χ4n) is 1.55. The van der Waals surface area contributed by atoms with Gasteiger partial charge in [-0.05, 0) is 25.6 Å². The number of anilines is 1. The molecule has 5 nitrogen and oxygen atoms in total. The van der Waals surface area contributed by atoms with Gasteiger partial charge in [-0.2, -0.15) is 0 Å². The van der Waals surface area contributed by atoms with Gasteiger partial charge in [0.25, 0.3) is 5.91 Å². The van der Waals surface area contributed by atoms with Gasteiger partial charge in [-0.15, -0.1) is 0 Å². The van der Waals surface area contributed by atoms with E-state index in [0.29, 0.717) is 12.1 Å². The average molecular weight is 250 g/mol. The van der Waals surface area contributed by atoms with Gasteiger partial charge < -0.3 is 15.5 Å². The van der Waals surface area contributed by atoms with Crippen molar-refractivity contribution in [3.05, 3.63) is 23.9 Å². The minimum atomic E-state index is -0.0856. The van der Waals surface area contributed by atoms with E-state index in [1.165, 1.54) is 0 Å². The van der Waals surface area contributed by atoms with E-state index >= 15 is 0 Å². The molecule has 1 aromatic heterocycles. The van der Waals surface area contributed by atoms with Crippen molar-refractivity contribution < 1.29 is 4.79 Å². The van der Waals surface area contributed by atoms with Gasteiger partial charge in [0.2, 0.25) is 0 Å². The zero-order chi connectivity index (χ0) is 13.5. The highest BCUT2D eigenvalue weighted by molar-refractivity contribution is 5.94. The molecule has 2 N–H and O–H groups in total. The maximum Gasteiger partial charge on any atom is 0.252 e. The van der Waals surface area contributed by atoms with E-state index in [2.05, 4.69) is 15.6 Å². The van der Waals surface area contributed by atoms with E-state index in [1.807, 2.05) is 38.9 Å². The molecule has 0 saturated carbocycles. The molecule has 0 radical (unpaired) electrons. The molecule has 100 valence electrons. The summed E-state index contributed by atoms with van der Waals surface area (Å²) in [6.45, 7) is 5.59. The van der Waals surface area contributed by atoms with Crippen LogP contribution in [-0.2, 0) is 0 Å². The van der Waals surface area contributed by atoms with Crippen LogP contribution < -0.4 is 15.5 Å². The van der Waals surface area contributed by atoms with Crippen molar-refractivity contribution >= 4 is 11.7 Å². The lowest BCUT2D eigenvalue weighted by Gasteiger charge is -2.14. The molecule has 0 aliphatic rings. The molecule has 1 rings (SSSR count). The second-order valence-electron chi connectivity index (χ2n) is 4.47. The Bertz CT molecular complexity index is 375. The Hall–Kier alpha value is -1.62. The Morgan fingerprint density at radius 1 is 1.44 bits per heavy atom. The number of carbonyl (C=O) groups is 1. The number of amides is 1. The molecule has 0 aliphatic carbocycles. The van der Waals surface area contributed by atoms with Crippen LogP contribution in [0.3, 0.4) is 0 Å². The highest BCUT2D eigenvalue weighted by atomic mass is 16.1. The summed E-state index contributed by atoms with van der Waals surface area (Å²) in [5.41, 5.74) is 0.587. The predicted octanol–water partition coefficient (Wildman–Crippen LogP) is 0.875. The lowest BCUT2D eigenvalue weighted by molar-refractivity contribution is 0.0950. The van der Waals surface area contributed by atoms with Gasteiger partial charge in [0.05, 0.1) is 5.56 Å². The summed E-state index contributed by atoms with van der Waals surface area (Å²) in [6, 6.07) is 3.89. The summed E-state index contributed by atoms with van der Waals surface area (Å²) in [5, 5.41) is 6.12. The quantitative estimate of drug-likeness (QED) is 0.787. The molecule has 1 amide bonds. The minimum absolute atomic E-state index is 0.0856. The summed E-state index contributed by atoms with van der Waals surface area (Å²) in [4.78, 5) is 18.0. The number of nitrogens with one attached hydrogen (secondary N) is 2. The summed E-state index contributed by atoms with van der Waals surface area (Å²) in [5.74, 6) is 0.755. The van der Waals surface area contributed by atoms with Gasteiger partial charge in [-0.3, -0.25) is 4.79 Å². The van der Waals surface area contributed by atoms with Crippen molar-refractivity contribution in [1.82, 2.24) is 15.6 Å². The maximum atomic E-state index is 11.8. The first-order chi connectivity index (χ1) is 8.54. The molecule has 0 fully saturated rings. The van der Waals surface area contributed by atoms with Crippen LogP contribution in [0.1, 0.15) is 24.2 Å². The number of likely N-dealkylation sites (N-methyl/N-ethyl adjacent to an activating group) is 1. The van der Waals surface area contributed by atoms with Gasteiger partial charge in [0.1, 0.15) is 5.82 Å². The van der Waals surface area contributed by atoms with Gasteiger partial charge in [0.15, 0.2) is 0 Å². The first-order valence-corrected chi connectivity index (χ1v) is 6.19. The SMILES string of the molecule is CCN[C@H](C)CNC(=O)c1ccc(N(C)C)nc1. The number of carbonyl (C=O) groups excluding carboxylic acids is 1. The van der Waals surface area contributed by atoms with Crippen LogP contribution in [-0.4, -0.2) is 44.1 Å². The van der Waals surface area contributed by atoms with Gasteiger partial charge in [-0.1, -0.05) is 6.92 Å². The largest absolute Gasteiger partial charge is 0.363 e. The summed E-state index contributed by atoms with van der Waals surface area (Å²) >= 11 is 0. The van der Waals surface area contributed by atoms with E-state index in [-0.39, 0.29) is 11.9 Å². The fourth-order valence-corrected chi connectivity index (χ4v) is 1.55. The Morgan fingerprint density at radius 2 is 2.17 bits per heavy atom. The third-order valence-corrected chi connectivity index (χ3v) is 2.59. The Labute approximate surface area is 109 Å². The molecule has 1 heterocycles. The van der Waals surface area contributed by atoms with Crippen LogP contribution in [0.5, 0.6) is 0 Å². The number of pyridine rings is 1. The van der Waals surface area contributed by atoms with Crippen molar-refractivity contribution in [3.63, 3.8) is 0 Å². The highest BCUT2D eigenvalue weighted by Crippen LogP contribution is 2.07. The average Bonchev–Trinajstić information content (AvgIpc) is 2.36. The molecule has 0 spiro atoms. The summed E-state index contributed by atoms with van der Waals surface area (Å²) in [7, 11) is 3.83. The molecule has 0 aromatic carbocycles. The number of aromatic nitrogens is 1. The fraction of sp³-hybridized carbons (Fsp3) is 0.538. The molecule has 0 bridgehead atoms. The van der Waals surface area contributed by atoms with Crippen LogP contribution in [0.25, 0.3) is 0 Å². The summed E-state index contributed by atoms with van der Waals surface area (Å²) < 4.78 is 0. The van der Waals surface area contributed by atoms with Crippen LogP contribution in [0, 0.1) is 0 Å². The molecular weight excluding hydrogens is 228 g/mol. The van der Waals surface area contributed by atoms with Crippen molar-refractivity contribution in [3.8, 4) is 0 Å². The zero-order valence-corrected chi connectivity index (χ0v) is 11.5. The third-order valence-electron chi connectivity index (χ3n) is 2.59. The van der Waals surface area contributed by atoms with E-state index in [0.717, 1.165) is 12.4 Å². The Morgan fingerprint density at radius 3 is 2.67 bits per heavy atom. The van der Waals surface area contributed by atoms with Crippen LogP contribution in [0.15, 0.2) is 18.3 Å². The van der Waals surface area contributed by atoms with Crippen molar-refractivity contribution in [1.29, 1.82) is 0 Å². The molecular formula is C13H22N4O. The van der Waals surface area contributed by atoms with Crippen LogP contribution >= 0.6 is 0 Å². The van der Waals surface area contributed by atoms with Gasteiger partial charge in [-0.25, -0.2) is 4.98 Å². The first-order valence-electron chi connectivity index (χ1n) is 6.19. The third kappa shape index (κ3) is 4.33. The number of nitrogens with zero attached hydrogens (tertiary/aromatic N) is 2. The smallest absolute Gasteiger partial charge is 0.252 e. The zero-order valence-electron chi connectivity index (χ0n) is 11.5. The van der Waals surface area contributed by atoms with Crippen LogP contribution in [0.4, 0.5) is 5.82 Å². The normalized spacial score (nSPS) is 12.0. The Kier molecular flexibility index (Phi) is 5.58. The standard InChI is InChI=1S/C13H22N4O/c1-5-14-10(2)8-16-13(18)11-6-7-12(15-9-11)17(3)4/h6-7,9-10,14H,5,8H2,1-4H3,(H,16,18)/t10-/m1/s1. The second-order valence-corrected chi connectivity index (χ2v) is 4.47. The van der Waals surface area contributed by atoms with Gasteiger partial charge >= 0.3 is 0 Å². The lowest BCUT2D eigenvalue weighted by atomic mass is 10.2. The number of hydrogen-bond acceptors (Lipinski definition) is 4. The van der Waals surface area contributed by atoms with E-state index in [1.54, 1.807) is 12.3 Å². The molecule has 5 heteroatoms. The molecule has 0 aliphatic heterocycles. The van der Waals surface area contributed by atoms with Gasteiger partial charge in [0, 0.05) is 32.9 Å². The first kappa shape index (κ1) is 14.4. The molecule has 1 aromatic rings. The van der Waals surface area contributed by atoms with Crippen LogP contribution in [0.2, 0.25) is 0 Å². The predicted molar refractivity (Wildman–Crippen MR) is 74.0 cm³/mol. The van der Waals surface area contributed by atoms with Crippen molar-refractivity contribution in [2.24, 2.45) is 0 Å². The number of hydrogen-bond donors (Lipinski definition) is 2. The second kappa shape index (κ2) is 6.96. The molecule has 18 heavy (non-hydrogen) atoms. The topological polar surface area (TPSA) is 57.3 Å². The number of rotatable bonds is 6. The van der Waals surface area contributed by atoms with E-state index in [9.17, 15) is 4.79 Å². The van der Waals surface area contributed by atoms with Crippen molar-refractivity contribution in [2.75, 3.05) is 32.1 Å². The Balaban J connectivity index is 2.51. The molecule has 1 atom stereocenters. The van der Waals surface area contributed by atoms with E-state index in [4.69, 9.17) is 0 Å². The summed E-state index contributed by atoms with van der Waals surface area (Å²) in [6.07, 6.45) is 1.60. The maximum absolute atomic E-state index is 11.8. The highest BCUT2D eigenvalue weighted by Gasteiger charge is 2.08. The minimum Gasteiger partial charge on any atom is -0.363 e.